The molecule has 2 amide bonds. The standard InChI is InChI=1S/C26H35N3O8/c1-3-5-16-35-17-14-28(26(32)27-21-8-10-22(11-9-21)29(33)34)15-18-37-23-12-6-20(7-13-23)19-24(25(30)31)36-4-2/h6-13,24H,3-5,14-19H2,1-2H3,(H,27,32)(H,30,31). The molecule has 0 fully saturated rings. The van der Waals surface area contributed by atoms with Crippen LogP contribution in [0.5, 0.6) is 5.75 Å². The van der Waals surface area contributed by atoms with Crippen molar-refractivity contribution in [1.82, 2.24) is 4.90 Å². The summed E-state index contributed by atoms with van der Waals surface area (Å²) in [6.07, 6.45) is 1.29. The van der Waals surface area contributed by atoms with Crippen LogP contribution in [-0.2, 0) is 20.7 Å². The molecule has 2 N–H and O–H groups in total. The lowest BCUT2D eigenvalue weighted by Gasteiger charge is -2.23. The van der Waals surface area contributed by atoms with Crippen LogP contribution in [0.3, 0.4) is 0 Å². The number of anilines is 1. The number of carboxylic acids is 1. The van der Waals surface area contributed by atoms with Crippen LogP contribution < -0.4 is 10.1 Å². The number of ether oxygens (including phenoxy) is 3. The molecule has 1 unspecified atom stereocenters. The van der Waals surface area contributed by atoms with Gasteiger partial charge in [0, 0.05) is 44.0 Å². The Bertz CT molecular complexity index is 982. The van der Waals surface area contributed by atoms with Crippen molar-refractivity contribution in [2.45, 2.75) is 39.2 Å². The van der Waals surface area contributed by atoms with Gasteiger partial charge in [-0.2, -0.15) is 0 Å². The summed E-state index contributed by atoms with van der Waals surface area (Å²) in [6.45, 7) is 5.97. The summed E-state index contributed by atoms with van der Waals surface area (Å²) >= 11 is 0. The number of aliphatic carboxylic acids is 1. The summed E-state index contributed by atoms with van der Waals surface area (Å²) in [5.74, 6) is -0.421. The summed E-state index contributed by atoms with van der Waals surface area (Å²) in [4.78, 5) is 36.0. The number of hydrogen-bond acceptors (Lipinski definition) is 7. The van der Waals surface area contributed by atoms with Crippen LogP contribution in [0.25, 0.3) is 0 Å². The first-order valence-electron chi connectivity index (χ1n) is 12.3. The van der Waals surface area contributed by atoms with Crippen molar-refractivity contribution in [3.63, 3.8) is 0 Å². The van der Waals surface area contributed by atoms with Gasteiger partial charge in [-0.05, 0) is 43.2 Å². The minimum Gasteiger partial charge on any atom is -0.492 e. The van der Waals surface area contributed by atoms with E-state index in [1.54, 1.807) is 36.1 Å². The van der Waals surface area contributed by atoms with E-state index >= 15 is 0 Å². The maximum atomic E-state index is 12.9. The molecule has 0 heterocycles. The second-order valence-corrected chi connectivity index (χ2v) is 8.17. The Morgan fingerprint density at radius 3 is 2.30 bits per heavy atom. The van der Waals surface area contributed by atoms with Crippen molar-refractivity contribution >= 4 is 23.4 Å². The first kappa shape index (κ1) is 29.5. The number of rotatable bonds is 17. The normalized spacial score (nSPS) is 11.5. The Morgan fingerprint density at radius 2 is 1.70 bits per heavy atom. The fourth-order valence-corrected chi connectivity index (χ4v) is 3.34. The van der Waals surface area contributed by atoms with Crippen LogP contribution in [0.15, 0.2) is 48.5 Å². The molecule has 0 saturated heterocycles. The third kappa shape index (κ3) is 10.8. The molecule has 0 saturated carbocycles. The second-order valence-electron chi connectivity index (χ2n) is 8.17. The van der Waals surface area contributed by atoms with Gasteiger partial charge in [0.1, 0.15) is 12.4 Å². The van der Waals surface area contributed by atoms with Gasteiger partial charge in [0.05, 0.1) is 18.1 Å². The van der Waals surface area contributed by atoms with E-state index in [0.29, 0.717) is 37.8 Å². The molecule has 1 atom stereocenters. The smallest absolute Gasteiger partial charge is 0.333 e. The summed E-state index contributed by atoms with van der Waals surface area (Å²) in [7, 11) is 0. The van der Waals surface area contributed by atoms with E-state index in [1.165, 1.54) is 24.3 Å². The molecule has 0 aliphatic carbocycles. The first-order chi connectivity index (χ1) is 17.8. The number of urea groups is 1. The quantitative estimate of drug-likeness (QED) is 0.179. The summed E-state index contributed by atoms with van der Waals surface area (Å²) in [5, 5.41) is 22.8. The Morgan fingerprint density at radius 1 is 1.03 bits per heavy atom. The number of carbonyl (C=O) groups excluding carboxylic acids is 1. The summed E-state index contributed by atoms with van der Waals surface area (Å²) in [6, 6.07) is 12.3. The molecule has 0 spiro atoms. The topological polar surface area (TPSA) is 140 Å². The van der Waals surface area contributed by atoms with Gasteiger partial charge in [-0.15, -0.1) is 0 Å². The maximum Gasteiger partial charge on any atom is 0.333 e. The number of nitro benzene ring substituents is 1. The van der Waals surface area contributed by atoms with Crippen molar-refractivity contribution in [3.8, 4) is 5.75 Å². The average Bonchev–Trinajstić information content (AvgIpc) is 2.88. The van der Waals surface area contributed by atoms with Gasteiger partial charge in [0.15, 0.2) is 6.10 Å². The number of unbranched alkanes of at least 4 members (excludes halogenated alkanes) is 1. The molecule has 2 aromatic carbocycles. The lowest BCUT2D eigenvalue weighted by Crippen LogP contribution is -2.40. The van der Waals surface area contributed by atoms with Crippen LogP contribution in [0, 0.1) is 10.1 Å². The fraction of sp³-hybridized carbons (Fsp3) is 0.462. The van der Waals surface area contributed by atoms with Crippen molar-refractivity contribution < 1.29 is 33.8 Å². The number of nitrogens with zero attached hydrogens (tertiary/aromatic N) is 2. The number of hydrogen-bond donors (Lipinski definition) is 2. The summed E-state index contributed by atoms with van der Waals surface area (Å²) in [5.41, 5.74) is 1.19. The highest BCUT2D eigenvalue weighted by molar-refractivity contribution is 5.89. The number of non-ortho nitro benzene ring substituents is 1. The molecule has 0 bridgehead atoms. The van der Waals surface area contributed by atoms with Gasteiger partial charge in [0.25, 0.3) is 5.69 Å². The van der Waals surface area contributed by atoms with Crippen molar-refractivity contribution in [2.75, 3.05) is 44.8 Å². The molecular weight excluding hydrogens is 482 g/mol. The monoisotopic (exact) mass is 517 g/mol. The Kier molecular flexibility index (Phi) is 12.9. The zero-order valence-corrected chi connectivity index (χ0v) is 21.3. The minimum absolute atomic E-state index is 0.0602. The molecule has 0 radical (unpaired) electrons. The van der Waals surface area contributed by atoms with E-state index in [4.69, 9.17) is 14.2 Å². The van der Waals surface area contributed by atoms with Crippen LogP contribution in [0.2, 0.25) is 0 Å². The van der Waals surface area contributed by atoms with Gasteiger partial charge in [-0.3, -0.25) is 10.1 Å². The number of nitrogens with one attached hydrogen (secondary N) is 1. The molecule has 0 aromatic heterocycles. The molecule has 0 aliphatic rings. The van der Waals surface area contributed by atoms with E-state index in [1.807, 2.05) is 0 Å². The van der Waals surface area contributed by atoms with E-state index in [9.17, 15) is 24.8 Å². The number of benzene rings is 2. The molecule has 202 valence electrons. The van der Waals surface area contributed by atoms with Gasteiger partial charge in [-0.25, -0.2) is 9.59 Å². The average molecular weight is 518 g/mol. The van der Waals surface area contributed by atoms with Crippen molar-refractivity contribution in [2.24, 2.45) is 0 Å². The van der Waals surface area contributed by atoms with Crippen LogP contribution >= 0.6 is 0 Å². The maximum absolute atomic E-state index is 12.9. The number of amides is 2. The van der Waals surface area contributed by atoms with Crippen LogP contribution in [0.1, 0.15) is 32.3 Å². The molecule has 37 heavy (non-hydrogen) atoms. The van der Waals surface area contributed by atoms with Crippen LogP contribution in [0.4, 0.5) is 16.2 Å². The Labute approximate surface area is 216 Å². The van der Waals surface area contributed by atoms with Crippen molar-refractivity contribution in [1.29, 1.82) is 0 Å². The Hall–Kier alpha value is -3.70. The largest absolute Gasteiger partial charge is 0.492 e. The zero-order chi connectivity index (χ0) is 27.0. The second kappa shape index (κ2) is 16.1. The van der Waals surface area contributed by atoms with Crippen molar-refractivity contribution in [3.05, 3.63) is 64.2 Å². The van der Waals surface area contributed by atoms with Gasteiger partial charge in [0.2, 0.25) is 0 Å². The lowest BCUT2D eigenvalue weighted by molar-refractivity contribution is -0.384. The highest BCUT2D eigenvalue weighted by atomic mass is 16.6. The van der Waals surface area contributed by atoms with Crippen LogP contribution in [-0.4, -0.2) is 72.6 Å². The molecule has 2 rings (SSSR count). The fourth-order valence-electron chi connectivity index (χ4n) is 3.34. The first-order valence-corrected chi connectivity index (χ1v) is 12.3. The lowest BCUT2D eigenvalue weighted by atomic mass is 10.1. The highest BCUT2D eigenvalue weighted by Crippen LogP contribution is 2.17. The van der Waals surface area contributed by atoms with E-state index in [2.05, 4.69) is 12.2 Å². The molecule has 2 aromatic rings. The minimum atomic E-state index is -1.01. The van der Waals surface area contributed by atoms with Gasteiger partial charge < -0.3 is 29.5 Å². The third-order valence-electron chi connectivity index (χ3n) is 5.38. The number of carbonyl (C=O) groups is 2. The predicted octanol–water partition coefficient (Wildman–Crippen LogP) is 4.36. The molecule has 11 heteroatoms. The summed E-state index contributed by atoms with van der Waals surface area (Å²) < 4.78 is 16.6. The SMILES string of the molecule is CCCCOCCN(CCOc1ccc(CC(OCC)C(=O)O)cc1)C(=O)Nc1ccc([N+](=O)[O-])cc1. The molecule has 11 nitrogen and oxygen atoms in total. The molecule has 0 aliphatic heterocycles. The van der Waals surface area contributed by atoms with Gasteiger partial charge >= 0.3 is 12.0 Å². The van der Waals surface area contributed by atoms with E-state index in [-0.39, 0.29) is 31.3 Å². The number of carboxylic acid groups (broad SMARTS) is 1. The Balaban J connectivity index is 1.92. The predicted molar refractivity (Wildman–Crippen MR) is 138 cm³/mol. The highest BCUT2D eigenvalue weighted by Gasteiger charge is 2.18. The number of nitro groups is 1. The van der Waals surface area contributed by atoms with E-state index in [0.717, 1.165) is 18.4 Å². The zero-order valence-electron chi connectivity index (χ0n) is 21.3. The third-order valence-corrected chi connectivity index (χ3v) is 5.38. The molecular formula is C26H35N3O8. The van der Waals surface area contributed by atoms with E-state index < -0.39 is 17.0 Å². The van der Waals surface area contributed by atoms with Gasteiger partial charge in [-0.1, -0.05) is 25.5 Å².